The Bertz CT molecular complexity index is 920. The van der Waals surface area contributed by atoms with E-state index in [-0.39, 0.29) is 29.4 Å². The average molecular weight is 375 g/mol. The van der Waals surface area contributed by atoms with Crippen molar-refractivity contribution in [3.63, 3.8) is 0 Å². The minimum absolute atomic E-state index is 0.0322. The first-order valence-electron chi connectivity index (χ1n) is 8.62. The number of rotatable bonds is 5. The molecule has 2 aromatic rings. The van der Waals surface area contributed by atoms with Crippen LogP contribution in [0, 0.1) is 6.92 Å². The normalized spacial score (nSPS) is 22.7. The molecule has 0 saturated carbocycles. The molecule has 2 bridgehead atoms. The fraction of sp³-hybridized carbons (Fsp3) is 0.389. The second-order valence-electron chi connectivity index (χ2n) is 6.79. The van der Waals surface area contributed by atoms with Gasteiger partial charge >= 0.3 is 0 Å². The van der Waals surface area contributed by atoms with Crippen molar-refractivity contribution in [1.29, 1.82) is 0 Å². The molecule has 2 fully saturated rings. The molecule has 4 rings (SSSR count). The number of nitrogens with one attached hydrogen (secondary N) is 2. The first-order valence-corrected chi connectivity index (χ1v) is 10.1. The van der Waals surface area contributed by atoms with E-state index in [2.05, 4.69) is 10.6 Å². The van der Waals surface area contributed by atoms with Gasteiger partial charge in [-0.1, -0.05) is 0 Å². The van der Waals surface area contributed by atoms with Gasteiger partial charge in [-0.15, -0.1) is 0 Å². The van der Waals surface area contributed by atoms with Gasteiger partial charge < -0.3 is 15.1 Å². The maximum absolute atomic E-state index is 12.8. The molecule has 2 atom stereocenters. The number of amides is 1. The molecule has 2 aliphatic heterocycles. The van der Waals surface area contributed by atoms with Crippen LogP contribution in [0.15, 0.2) is 45.7 Å². The minimum atomic E-state index is -3.52. The summed E-state index contributed by atoms with van der Waals surface area (Å²) in [5.74, 6) is 1.19. The molecule has 0 spiro atoms. The lowest BCUT2D eigenvalue weighted by atomic mass is 10.2. The lowest BCUT2D eigenvalue weighted by Gasteiger charge is -2.26. The SMILES string of the molecule is Cc1ccc(CNC(=O)c2ccc(S(=O)(=O)N3C[C@H]4C[C@@H]3CN4)cc2)o1. The van der Waals surface area contributed by atoms with Gasteiger partial charge in [0.25, 0.3) is 5.91 Å². The molecule has 1 aromatic heterocycles. The van der Waals surface area contributed by atoms with E-state index in [0.717, 1.165) is 12.2 Å². The van der Waals surface area contributed by atoms with Gasteiger partial charge in [-0.2, -0.15) is 4.31 Å². The Kier molecular flexibility index (Phi) is 4.34. The van der Waals surface area contributed by atoms with Gasteiger partial charge in [0, 0.05) is 30.7 Å². The Morgan fingerprint density at radius 2 is 2.04 bits per heavy atom. The number of aryl methyl sites for hydroxylation is 1. The van der Waals surface area contributed by atoms with Crippen LogP contribution in [0.2, 0.25) is 0 Å². The number of sulfonamides is 1. The second kappa shape index (κ2) is 6.53. The highest BCUT2D eigenvalue weighted by Crippen LogP contribution is 2.29. The van der Waals surface area contributed by atoms with E-state index in [9.17, 15) is 13.2 Å². The Labute approximate surface area is 152 Å². The predicted octanol–water partition coefficient (Wildman–Crippen LogP) is 1.25. The van der Waals surface area contributed by atoms with Gasteiger partial charge in [0.1, 0.15) is 11.5 Å². The van der Waals surface area contributed by atoms with Gasteiger partial charge in [0.2, 0.25) is 10.0 Å². The topological polar surface area (TPSA) is 91.7 Å². The summed E-state index contributed by atoms with van der Waals surface area (Å²) >= 11 is 0. The van der Waals surface area contributed by atoms with Crippen molar-refractivity contribution >= 4 is 15.9 Å². The Hall–Kier alpha value is -2.16. The smallest absolute Gasteiger partial charge is 0.251 e. The predicted molar refractivity (Wildman–Crippen MR) is 95.1 cm³/mol. The third kappa shape index (κ3) is 3.15. The van der Waals surface area contributed by atoms with E-state index >= 15 is 0 Å². The zero-order valence-electron chi connectivity index (χ0n) is 14.4. The number of benzene rings is 1. The van der Waals surface area contributed by atoms with E-state index < -0.39 is 10.0 Å². The number of carbonyl (C=O) groups excluding carboxylic acids is 1. The molecule has 2 aliphatic rings. The summed E-state index contributed by atoms with van der Waals surface area (Å²) in [6.07, 6.45) is 0.867. The Balaban J connectivity index is 1.43. The Morgan fingerprint density at radius 1 is 1.27 bits per heavy atom. The average Bonchev–Trinajstić information content (AvgIpc) is 3.37. The monoisotopic (exact) mass is 375 g/mol. The van der Waals surface area contributed by atoms with Crippen LogP contribution in [0.5, 0.6) is 0 Å². The standard InChI is InChI=1S/C18H21N3O4S/c1-12-2-5-16(25-12)10-20-18(22)13-3-6-17(7-4-13)26(23,24)21-11-14-8-15(21)9-19-14/h2-7,14-15,19H,8-11H2,1H3,(H,20,22)/t14-,15-/m1/s1. The molecular formula is C18H21N3O4S. The summed E-state index contributed by atoms with van der Waals surface area (Å²) in [6, 6.07) is 10.0. The second-order valence-corrected chi connectivity index (χ2v) is 8.68. The summed E-state index contributed by atoms with van der Waals surface area (Å²) in [7, 11) is -3.52. The number of hydrogen-bond acceptors (Lipinski definition) is 5. The van der Waals surface area contributed by atoms with E-state index in [0.29, 0.717) is 24.4 Å². The minimum Gasteiger partial charge on any atom is -0.465 e. The molecule has 8 heteroatoms. The molecule has 1 aromatic carbocycles. The molecule has 1 amide bonds. The number of hydrogen-bond donors (Lipinski definition) is 2. The molecular weight excluding hydrogens is 354 g/mol. The van der Waals surface area contributed by atoms with Gasteiger partial charge in [-0.05, 0) is 49.7 Å². The van der Waals surface area contributed by atoms with Crippen LogP contribution in [0.1, 0.15) is 28.3 Å². The van der Waals surface area contributed by atoms with Crippen molar-refractivity contribution in [2.75, 3.05) is 13.1 Å². The van der Waals surface area contributed by atoms with E-state index in [1.807, 2.05) is 19.1 Å². The van der Waals surface area contributed by atoms with Crippen molar-refractivity contribution in [2.24, 2.45) is 0 Å². The molecule has 26 heavy (non-hydrogen) atoms. The molecule has 3 heterocycles. The largest absolute Gasteiger partial charge is 0.465 e. The van der Waals surface area contributed by atoms with Gasteiger partial charge in [0.15, 0.2) is 0 Å². The maximum atomic E-state index is 12.8. The van der Waals surface area contributed by atoms with Crippen LogP contribution >= 0.6 is 0 Å². The zero-order chi connectivity index (χ0) is 18.3. The number of furan rings is 1. The summed E-state index contributed by atoms with van der Waals surface area (Å²) in [4.78, 5) is 12.5. The number of piperazine rings is 1. The van der Waals surface area contributed by atoms with Crippen molar-refractivity contribution in [3.8, 4) is 0 Å². The van der Waals surface area contributed by atoms with Crippen LogP contribution in [-0.2, 0) is 16.6 Å². The molecule has 7 nitrogen and oxygen atoms in total. The molecule has 0 radical (unpaired) electrons. The lowest BCUT2D eigenvalue weighted by Crippen LogP contribution is -2.46. The van der Waals surface area contributed by atoms with Gasteiger partial charge in [-0.3, -0.25) is 4.79 Å². The van der Waals surface area contributed by atoms with Crippen LogP contribution in [0.3, 0.4) is 0 Å². The zero-order valence-corrected chi connectivity index (χ0v) is 15.3. The van der Waals surface area contributed by atoms with Crippen LogP contribution < -0.4 is 10.6 Å². The quantitative estimate of drug-likeness (QED) is 0.821. The number of fused-ring (bicyclic) bond motifs is 2. The lowest BCUT2D eigenvalue weighted by molar-refractivity contribution is 0.0947. The van der Waals surface area contributed by atoms with E-state index in [1.54, 1.807) is 16.4 Å². The third-order valence-corrected chi connectivity index (χ3v) is 6.88. The van der Waals surface area contributed by atoms with Crippen molar-refractivity contribution < 1.29 is 17.6 Å². The first kappa shape index (κ1) is 17.3. The highest BCUT2D eigenvalue weighted by Gasteiger charge is 2.44. The molecule has 0 aliphatic carbocycles. The molecule has 2 saturated heterocycles. The fourth-order valence-electron chi connectivity index (χ4n) is 3.58. The first-order chi connectivity index (χ1) is 12.4. The van der Waals surface area contributed by atoms with Gasteiger partial charge in [-0.25, -0.2) is 8.42 Å². The highest BCUT2D eigenvalue weighted by atomic mass is 32.2. The fourth-order valence-corrected chi connectivity index (χ4v) is 5.26. The van der Waals surface area contributed by atoms with Crippen LogP contribution in [-0.4, -0.2) is 43.8 Å². The third-order valence-electron chi connectivity index (χ3n) is 4.95. The molecule has 0 unspecified atom stereocenters. The number of nitrogens with zero attached hydrogens (tertiary/aromatic N) is 1. The Morgan fingerprint density at radius 3 is 2.62 bits per heavy atom. The van der Waals surface area contributed by atoms with E-state index in [4.69, 9.17) is 4.42 Å². The van der Waals surface area contributed by atoms with Crippen LogP contribution in [0.25, 0.3) is 0 Å². The summed E-state index contributed by atoms with van der Waals surface area (Å²) in [5, 5.41) is 6.06. The number of carbonyl (C=O) groups is 1. The van der Waals surface area contributed by atoms with E-state index in [1.165, 1.54) is 12.1 Å². The molecule has 138 valence electrons. The summed E-state index contributed by atoms with van der Waals surface area (Å²) in [6.45, 7) is 3.34. The highest BCUT2D eigenvalue weighted by molar-refractivity contribution is 7.89. The maximum Gasteiger partial charge on any atom is 0.251 e. The van der Waals surface area contributed by atoms with Gasteiger partial charge in [0.05, 0.1) is 11.4 Å². The van der Waals surface area contributed by atoms with Crippen molar-refractivity contribution in [1.82, 2.24) is 14.9 Å². The molecule has 2 N–H and O–H groups in total. The van der Waals surface area contributed by atoms with Crippen LogP contribution in [0.4, 0.5) is 0 Å². The van der Waals surface area contributed by atoms with Crippen molar-refractivity contribution in [3.05, 3.63) is 53.5 Å². The summed E-state index contributed by atoms with van der Waals surface area (Å²) < 4.78 is 32.6. The van der Waals surface area contributed by atoms with Crippen molar-refractivity contribution in [2.45, 2.75) is 36.9 Å². The summed E-state index contributed by atoms with van der Waals surface area (Å²) in [5.41, 5.74) is 0.414.